The molecule has 1 heterocycles. The zero-order valence-corrected chi connectivity index (χ0v) is 14.9. The highest BCUT2D eigenvalue weighted by Crippen LogP contribution is 2.28. The van der Waals surface area contributed by atoms with Gasteiger partial charge in [-0.05, 0) is 61.4 Å². The number of ether oxygens (including phenoxy) is 1. The smallest absolute Gasteiger partial charge is 0.228 e. The van der Waals surface area contributed by atoms with E-state index in [1.54, 1.807) is 6.20 Å². The second-order valence-electron chi connectivity index (χ2n) is 6.61. The fourth-order valence-electron chi connectivity index (χ4n) is 2.84. The number of carbonyl (C=O) groups excluding carboxylic acids is 1. The van der Waals surface area contributed by atoms with Gasteiger partial charge in [-0.15, -0.1) is 0 Å². The second kappa shape index (κ2) is 7.91. The van der Waals surface area contributed by atoms with Crippen LogP contribution in [0.3, 0.4) is 0 Å². The predicted molar refractivity (Wildman–Crippen MR) is 106 cm³/mol. The molecule has 1 amide bonds. The van der Waals surface area contributed by atoms with Gasteiger partial charge in [0.05, 0.1) is 11.9 Å². The van der Waals surface area contributed by atoms with Crippen LogP contribution in [0, 0.1) is 5.92 Å². The summed E-state index contributed by atoms with van der Waals surface area (Å²) in [7, 11) is 0. The first-order valence-corrected chi connectivity index (χ1v) is 9.13. The van der Waals surface area contributed by atoms with E-state index in [0.29, 0.717) is 5.82 Å². The number of benzene rings is 2. The first kappa shape index (κ1) is 17.1. The lowest BCUT2D eigenvalue weighted by molar-refractivity contribution is -0.122. The molecule has 4 rings (SSSR count). The Labute approximate surface area is 158 Å². The number of para-hydroxylation sites is 1. The van der Waals surface area contributed by atoms with E-state index in [1.807, 2.05) is 66.7 Å². The Morgan fingerprint density at radius 1 is 0.889 bits per heavy atom. The highest BCUT2D eigenvalue weighted by Gasteiger charge is 2.25. The highest BCUT2D eigenvalue weighted by atomic mass is 16.5. The van der Waals surface area contributed by atoms with Gasteiger partial charge in [-0.1, -0.05) is 24.6 Å². The van der Waals surface area contributed by atoms with E-state index >= 15 is 0 Å². The van der Waals surface area contributed by atoms with E-state index in [9.17, 15) is 4.79 Å². The Kier molecular flexibility index (Phi) is 5.01. The number of hydrogen-bond acceptors (Lipinski definition) is 4. The van der Waals surface area contributed by atoms with Crippen LogP contribution >= 0.6 is 0 Å². The molecule has 0 bridgehead atoms. The maximum absolute atomic E-state index is 12.0. The van der Waals surface area contributed by atoms with Crippen molar-refractivity contribution < 1.29 is 9.53 Å². The van der Waals surface area contributed by atoms with E-state index in [0.717, 1.165) is 42.1 Å². The summed E-state index contributed by atoms with van der Waals surface area (Å²) in [4.78, 5) is 16.3. The average Bonchev–Trinajstić information content (AvgIpc) is 2.64. The monoisotopic (exact) mass is 359 g/mol. The Morgan fingerprint density at radius 3 is 2.22 bits per heavy atom. The Balaban J connectivity index is 1.33. The number of nitrogens with zero attached hydrogens (tertiary/aromatic N) is 1. The first-order valence-electron chi connectivity index (χ1n) is 9.13. The van der Waals surface area contributed by atoms with E-state index in [-0.39, 0.29) is 11.8 Å². The maximum Gasteiger partial charge on any atom is 0.228 e. The van der Waals surface area contributed by atoms with Gasteiger partial charge in [-0.25, -0.2) is 4.98 Å². The molecule has 1 aromatic heterocycles. The van der Waals surface area contributed by atoms with Crippen LogP contribution in [0.5, 0.6) is 11.5 Å². The number of anilines is 3. The van der Waals surface area contributed by atoms with Crippen LogP contribution < -0.4 is 15.4 Å². The van der Waals surface area contributed by atoms with Crippen molar-refractivity contribution in [2.75, 3.05) is 10.6 Å². The molecular weight excluding hydrogens is 338 g/mol. The second-order valence-corrected chi connectivity index (χ2v) is 6.61. The van der Waals surface area contributed by atoms with E-state index in [4.69, 9.17) is 4.74 Å². The normalized spacial score (nSPS) is 13.5. The molecule has 3 aromatic rings. The van der Waals surface area contributed by atoms with Crippen LogP contribution in [0.4, 0.5) is 17.2 Å². The Morgan fingerprint density at radius 2 is 1.59 bits per heavy atom. The maximum atomic E-state index is 12.0. The third-order valence-corrected chi connectivity index (χ3v) is 4.61. The van der Waals surface area contributed by atoms with Gasteiger partial charge < -0.3 is 15.4 Å². The molecule has 2 N–H and O–H groups in total. The Bertz CT molecular complexity index is 889. The van der Waals surface area contributed by atoms with Crippen molar-refractivity contribution >= 4 is 23.1 Å². The molecule has 0 atom stereocenters. The van der Waals surface area contributed by atoms with Gasteiger partial charge in [-0.3, -0.25) is 4.79 Å². The number of pyridine rings is 1. The van der Waals surface area contributed by atoms with Crippen LogP contribution in [0.1, 0.15) is 19.3 Å². The predicted octanol–water partition coefficient (Wildman–Crippen LogP) is 5.36. The van der Waals surface area contributed by atoms with Gasteiger partial charge in [0, 0.05) is 11.6 Å². The minimum absolute atomic E-state index is 0.0727. The first-order chi connectivity index (χ1) is 13.3. The number of carbonyl (C=O) groups is 1. The molecule has 27 heavy (non-hydrogen) atoms. The van der Waals surface area contributed by atoms with E-state index < -0.39 is 0 Å². The van der Waals surface area contributed by atoms with Crippen molar-refractivity contribution in [3.05, 3.63) is 72.9 Å². The molecule has 1 aliphatic carbocycles. The molecular formula is C22H21N3O2. The van der Waals surface area contributed by atoms with Crippen molar-refractivity contribution in [3.63, 3.8) is 0 Å². The average molecular weight is 359 g/mol. The molecule has 1 fully saturated rings. The van der Waals surface area contributed by atoms with Gasteiger partial charge >= 0.3 is 0 Å². The fourth-order valence-corrected chi connectivity index (χ4v) is 2.84. The lowest BCUT2D eigenvalue weighted by atomic mass is 9.85. The van der Waals surface area contributed by atoms with Crippen LogP contribution in [-0.2, 0) is 4.79 Å². The van der Waals surface area contributed by atoms with Crippen molar-refractivity contribution in [3.8, 4) is 11.5 Å². The standard InChI is InChI=1S/C22H21N3O2/c26-22(16-5-4-6-16)25-21-14-11-18(15-23-21)24-17-9-12-20(13-10-17)27-19-7-2-1-3-8-19/h1-3,7-16,24H,4-6H2,(H,23,25,26). The summed E-state index contributed by atoms with van der Waals surface area (Å²) in [5.41, 5.74) is 1.79. The van der Waals surface area contributed by atoms with Gasteiger partial charge in [-0.2, -0.15) is 0 Å². The molecule has 1 aliphatic rings. The lowest BCUT2D eigenvalue weighted by Gasteiger charge is -2.23. The van der Waals surface area contributed by atoms with Gasteiger partial charge in [0.2, 0.25) is 5.91 Å². The Hall–Kier alpha value is -3.34. The number of nitrogens with one attached hydrogen (secondary N) is 2. The summed E-state index contributed by atoms with van der Waals surface area (Å²) >= 11 is 0. The molecule has 0 saturated heterocycles. The van der Waals surface area contributed by atoms with Crippen molar-refractivity contribution in [1.29, 1.82) is 0 Å². The zero-order valence-electron chi connectivity index (χ0n) is 14.9. The number of amides is 1. The summed E-state index contributed by atoms with van der Waals surface area (Å²) in [6.07, 6.45) is 4.82. The van der Waals surface area contributed by atoms with Crippen molar-refractivity contribution in [2.45, 2.75) is 19.3 Å². The topological polar surface area (TPSA) is 63.2 Å². The molecule has 0 radical (unpaired) electrons. The van der Waals surface area contributed by atoms with Crippen molar-refractivity contribution in [1.82, 2.24) is 4.98 Å². The summed E-state index contributed by atoms with van der Waals surface area (Å²) in [5, 5.41) is 6.16. The van der Waals surface area contributed by atoms with Crippen molar-refractivity contribution in [2.24, 2.45) is 5.92 Å². The summed E-state index contributed by atoms with van der Waals surface area (Å²) in [6, 6.07) is 21.1. The number of aromatic nitrogens is 1. The van der Waals surface area contributed by atoms with Crippen LogP contribution in [0.2, 0.25) is 0 Å². The third-order valence-electron chi connectivity index (χ3n) is 4.61. The quantitative estimate of drug-likeness (QED) is 0.622. The lowest BCUT2D eigenvalue weighted by Crippen LogP contribution is -2.28. The zero-order chi connectivity index (χ0) is 18.5. The summed E-state index contributed by atoms with van der Waals surface area (Å²) in [5.74, 6) is 2.40. The minimum Gasteiger partial charge on any atom is -0.457 e. The molecule has 1 saturated carbocycles. The molecule has 5 heteroatoms. The van der Waals surface area contributed by atoms with E-state index in [2.05, 4.69) is 15.6 Å². The largest absolute Gasteiger partial charge is 0.457 e. The number of rotatable bonds is 6. The molecule has 2 aromatic carbocycles. The molecule has 0 spiro atoms. The van der Waals surface area contributed by atoms with Gasteiger partial charge in [0.25, 0.3) is 0 Å². The third kappa shape index (κ3) is 4.44. The van der Waals surface area contributed by atoms with Crippen LogP contribution in [-0.4, -0.2) is 10.9 Å². The molecule has 0 unspecified atom stereocenters. The highest BCUT2D eigenvalue weighted by molar-refractivity contribution is 5.92. The minimum atomic E-state index is 0.0727. The summed E-state index contributed by atoms with van der Waals surface area (Å²) < 4.78 is 5.79. The SMILES string of the molecule is O=C(Nc1ccc(Nc2ccc(Oc3ccccc3)cc2)cn1)C1CCC1. The van der Waals surface area contributed by atoms with Crippen LogP contribution in [0.15, 0.2) is 72.9 Å². The van der Waals surface area contributed by atoms with Crippen LogP contribution in [0.25, 0.3) is 0 Å². The molecule has 5 nitrogen and oxygen atoms in total. The molecule has 136 valence electrons. The van der Waals surface area contributed by atoms with E-state index in [1.165, 1.54) is 0 Å². The van der Waals surface area contributed by atoms with Gasteiger partial charge in [0.15, 0.2) is 0 Å². The fraction of sp³-hybridized carbons (Fsp3) is 0.182. The number of hydrogen-bond donors (Lipinski definition) is 2. The van der Waals surface area contributed by atoms with Gasteiger partial charge in [0.1, 0.15) is 17.3 Å². The molecule has 0 aliphatic heterocycles. The summed E-state index contributed by atoms with van der Waals surface area (Å²) in [6.45, 7) is 0.